The van der Waals surface area contributed by atoms with E-state index in [4.69, 9.17) is 0 Å². The Bertz CT molecular complexity index is 430. The zero-order valence-electron chi connectivity index (χ0n) is 13.1. The van der Waals surface area contributed by atoms with Crippen molar-refractivity contribution >= 4 is 15.9 Å². The second-order valence-corrected chi connectivity index (χ2v) is 6.26. The van der Waals surface area contributed by atoms with Gasteiger partial charge < -0.3 is 10.2 Å². The SMILES string of the molecule is CCC(CC)(C(Cc1cccc(F)c1Br)NC)N(C)C. The number of hydrogen-bond acceptors (Lipinski definition) is 2. The quantitative estimate of drug-likeness (QED) is 0.808. The fourth-order valence-corrected chi connectivity index (χ4v) is 3.60. The average molecular weight is 345 g/mol. The van der Waals surface area contributed by atoms with Crippen LogP contribution in [0.2, 0.25) is 0 Å². The largest absolute Gasteiger partial charge is 0.315 e. The number of hydrogen-bond donors (Lipinski definition) is 1. The van der Waals surface area contributed by atoms with Crippen molar-refractivity contribution in [2.24, 2.45) is 0 Å². The summed E-state index contributed by atoms with van der Waals surface area (Å²) in [7, 11) is 6.23. The van der Waals surface area contributed by atoms with E-state index in [9.17, 15) is 4.39 Å². The molecule has 1 aromatic rings. The van der Waals surface area contributed by atoms with Crippen LogP contribution in [0.25, 0.3) is 0 Å². The summed E-state index contributed by atoms with van der Waals surface area (Å²) in [5.41, 5.74) is 1.08. The third-order valence-corrected chi connectivity index (χ3v) is 5.46. The van der Waals surface area contributed by atoms with Gasteiger partial charge in [-0.1, -0.05) is 26.0 Å². The first kappa shape index (κ1) is 17.6. The molecule has 0 spiro atoms. The van der Waals surface area contributed by atoms with Gasteiger partial charge in [-0.3, -0.25) is 0 Å². The molecule has 20 heavy (non-hydrogen) atoms. The summed E-state index contributed by atoms with van der Waals surface area (Å²) in [5, 5.41) is 3.44. The lowest BCUT2D eigenvalue weighted by atomic mass is 9.80. The van der Waals surface area contributed by atoms with E-state index in [0.29, 0.717) is 4.47 Å². The molecular formula is C16H26BrFN2. The number of halogens is 2. The first-order valence-electron chi connectivity index (χ1n) is 7.20. The summed E-state index contributed by atoms with van der Waals surface area (Å²) >= 11 is 3.37. The minimum absolute atomic E-state index is 0.0699. The van der Waals surface area contributed by atoms with Gasteiger partial charge in [0.1, 0.15) is 5.82 Å². The van der Waals surface area contributed by atoms with E-state index in [1.54, 1.807) is 6.07 Å². The fraction of sp³-hybridized carbons (Fsp3) is 0.625. The van der Waals surface area contributed by atoms with Crippen molar-refractivity contribution in [3.63, 3.8) is 0 Å². The Hall–Kier alpha value is -0.450. The van der Waals surface area contributed by atoms with Crippen molar-refractivity contribution < 1.29 is 4.39 Å². The zero-order chi connectivity index (χ0) is 15.3. The van der Waals surface area contributed by atoms with Crippen molar-refractivity contribution in [2.45, 2.75) is 44.7 Å². The predicted octanol–water partition coefficient (Wildman–Crippen LogP) is 3.84. The lowest BCUT2D eigenvalue weighted by Gasteiger charge is -2.45. The molecular weight excluding hydrogens is 319 g/mol. The third kappa shape index (κ3) is 3.41. The van der Waals surface area contributed by atoms with Crippen LogP contribution < -0.4 is 5.32 Å². The van der Waals surface area contributed by atoms with Crippen LogP contribution in [-0.2, 0) is 6.42 Å². The van der Waals surface area contributed by atoms with Crippen LogP contribution in [0.3, 0.4) is 0 Å². The molecule has 0 saturated carbocycles. The summed E-state index contributed by atoms with van der Waals surface area (Å²) in [6, 6.07) is 5.52. The van der Waals surface area contributed by atoms with Crippen LogP contribution in [0.4, 0.5) is 4.39 Å². The minimum atomic E-state index is -0.194. The lowest BCUT2D eigenvalue weighted by Crippen LogP contribution is -2.58. The van der Waals surface area contributed by atoms with Crippen LogP contribution in [0.1, 0.15) is 32.3 Å². The van der Waals surface area contributed by atoms with Gasteiger partial charge in [0.25, 0.3) is 0 Å². The Morgan fingerprint density at radius 3 is 2.35 bits per heavy atom. The number of benzene rings is 1. The van der Waals surface area contributed by atoms with Gasteiger partial charge in [0.15, 0.2) is 0 Å². The zero-order valence-corrected chi connectivity index (χ0v) is 14.7. The van der Waals surface area contributed by atoms with E-state index in [1.807, 2.05) is 13.1 Å². The van der Waals surface area contributed by atoms with Gasteiger partial charge in [-0.25, -0.2) is 4.39 Å². The topological polar surface area (TPSA) is 15.3 Å². The lowest BCUT2D eigenvalue weighted by molar-refractivity contribution is 0.0916. The molecule has 1 atom stereocenters. The second kappa shape index (κ2) is 7.53. The van der Waals surface area contributed by atoms with E-state index in [1.165, 1.54) is 6.07 Å². The molecule has 114 valence electrons. The maximum Gasteiger partial charge on any atom is 0.137 e. The Kier molecular flexibility index (Phi) is 6.62. The molecule has 0 bridgehead atoms. The van der Waals surface area contributed by atoms with E-state index in [2.05, 4.69) is 54.1 Å². The van der Waals surface area contributed by atoms with Crippen molar-refractivity contribution in [2.75, 3.05) is 21.1 Å². The van der Waals surface area contributed by atoms with Gasteiger partial charge in [-0.05, 0) is 68.0 Å². The van der Waals surface area contributed by atoms with Crippen LogP contribution >= 0.6 is 15.9 Å². The molecule has 0 amide bonds. The molecule has 1 rings (SSSR count). The van der Waals surface area contributed by atoms with Gasteiger partial charge in [0.05, 0.1) is 4.47 Å². The molecule has 2 nitrogen and oxygen atoms in total. The van der Waals surface area contributed by atoms with E-state index in [0.717, 1.165) is 24.8 Å². The Balaban J connectivity index is 3.10. The van der Waals surface area contributed by atoms with Crippen LogP contribution in [0, 0.1) is 5.82 Å². The molecule has 0 radical (unpaired) electrons. The van der Waals surface area contributed by atoms with Gasteiger partial charge >= 0.3 is 0 Å². The molecule has 0 aliphatic heterocycles. The molecule has 0 fully saturated rings. The Labute approximate surface area is 130 Å². The Morgan fingerprint density at radius 1 is 1.30 bits per heavy atom. The summed E-state index contributed by atoms with van der Waals surface area (Å²) in [5.74, 6) is -0.194. The van der Waals surface area contributed by atoms with Crippen LogP contribution in [0.15, 0.2) is 22.7 Å². The third-order valence-electron chi connectivity index (χ3n) is 4.57. The maximum atomic E-state index is 13.7. The molecule has 1 aromatic carbocycles. The van der Waals surface area contributed by atoms with Gasteiger partial charge in [0.2, 0.25) is 0 Å². The average Bonchev–Trinajstić information content (AvgIpc) is 2.43. The van der Waals surface area contributed by atoms with Crippen LogP contribution in [0.5, 0.6) is 0 Å². The summed E-state index contributed by atoms with van der Waals surface area (Å²) in [6.45, 7) is 4.43. The molecule has 1 unspecified atom stereocenters. The van der Waals surface area contributed by atoms with Gasteiger partial charge in [0, 0.05) is 11.6 Å². The number of nitrogens with zero attached hydrogens (tertiary/aromatic N) is 1. The molecule has 4 heteroatoms. The fourth-order valence-electron chi connectivity index (χ4n) is 3.17. The first-order valence-corrected chi connectivity index (χ1v) is 7.99. The second-order valence-electron chi connectivity index (χ2n) is 5.46. The maximum absolute atomic E-state index is 13.7. The highest BCUT2D eigenvalue weighted by Crippen LogP contribution is 2.30. The Morgan fingerprint density at radius 2 is 1.90 bits per heavy atom. The standard InChI is InChI=1S/C16H26BrFN2/c1-6-16(7-2,20(4)5)14(19-3)11-12-9-8-10-13(18)15(12)17/h8-10,14,19H,6-7,11H2,1-5H3. The number of likely N-dealkylation sites (N-methyl/N-ethyl adjacent to an activating group) is 2. The molecule has 0 aliphatic rings. The summed E-state index contributed by atoms with van der Waals surface area (Å²) < 4.78 is 14.3. The smallest absolute Gasteiger partial charge is 0.137 e. The van der Waals surface area contributed by atoms with E-state index < -0.39 is 0 Å². The van der Waals surface area contributed by atoms with Crippen molar-refractivity contribution in [3.8, 4) is 0 Å². The monoisotopic (exact) mass is 344 g/mol. The summed E-state index contributed by atoms with van der Waals surface area (Å²) in [6.07, 6.45) is 2.90. The normalized spacial score (nSPS) is 13.8. The molecule has 0 aromatic heterocycles. The summed E-state index contributed by atoms with van der Waals surface area (Å²) in [4.78, 5) is 2.29. The highest BCUT2D eigenvalue weighted by Gasteiger charge is 2.37. The van der Waals surface area contributed by atoms with Crippen molar-refractivity contribution in [1.29, 1.82) is 0 Å². The highest BCUT2D eigenvalue weighted by atomic mass is 79.9. The number of rotatable bonds is 7. The number of nitrogens with one attached hydrogen (secondary N) is 1. The van der Waals surface area contributed by atoms with Crippen molar-refractivity contribution in [3.05, 3.63) is 34.1 Å². The van der Waals surface area contributed by atoms with Crippen molar-refractivity contribution in [1.82, 2.24) is 10.2 Å². The predicted molar refractivity (Wildman–Crippen MR) is 87.7 cm³/mol. The molecule has 1 N–H and O–H groups in total. The molecule has 0 saturated heterocycles. The van der Waals surface area contributed by atoms with E-state index in [-0.39, 0.29) is 17.4 Å². The van der Waals surface area contributed by atoms with Crippen LogP contribution in [-0.4, -0.2) is 37.6 Å². The highest BCUT2D eigenvalue weighted by molar-refractivity contribution is 9.10. The van der Waals surface area contributed by atoms with Gasteiger partial charge in [-0.2, -0.15) is 0 Å². The van der Waals surface area contributed by atoms with Gasteiger partial charge in [-0.15, -0.1) is 0 Å². The molecule has 0 aliphatic carbocycles. The first-order chi connectivity index (χ1) is 9.42. The van der Waals surface area contributed by atoms with E-state index >= 15 is 0 Å². The minimum Gasteiger partial charge on any atom is -0.315 e. The molecule has 0 heterocycles.